The number of amides is 1. The van der Waals surface area contributed by atoms with Gasteiger partial charge < -0.3 is 10.2 Å². The molecule has 0 spiro atoms. The third-order valence-corrected chi connectivity index (χ3v) is 5.64. The van der Waals surface area contributed by atoms with Gasteiger partial charge in [0, 0.05) is 17.1 Å². The van der Waals surface area contributed by atoms with Crippen LogP contribution in [0.1, 0.15) is 43.7 Å². The van der Waals surface area contributed by atoms with Gasteiger partial charge in [-0.1, -0.05) is 23.7 Å². The number of carbonyl (C=O) groups is 1. The highest BCUT2D eigenvalue weighted by atomic mass is 35.5. The van der Waals surface area contributed by atoms with Crippen molar-refractivity contribution in [2.75, 3.05) is 7.05 Å². The molecule has 122 valence electrons. The molecule has 3 rings (SSSR count). The van der Waals surface area contributed by atoms with E-state index >= 15 is 0 Å². The van der Waals surface area contributed by atoms with Crippen LogP contribution in [0.25, 0.3) is 0 Å². The predicted octanol–water partition coefficient (Wildman–Crippen LogP) is 3.28. The van der Waals surface area contributed by atoms with E-state index in [-0.39, 0.29) is 18.4 Å². The zero-order valence-electron chi connectivity index (χ0n) is 13.3. The lowest BCUT2D eigenvalue weighted by Crippen LogP contribution is -2.44. The standard InChI is InChI=1S/C18H22ClN3O/c1-22-15-6-7-16(22)11-13(10-15)18(21-17(23)8-9-20)12-2-4-14(19)5-3-12/h2-5,13,15-16,18H,6-8,10-11H2,1H3,(H,21,23)/t15-,16-,18-/m0/s1. The van der Waals surface area contributed by atoms with Gasteiger partial charge in [0.15, 0.2) is 0 Å². The molecule has 2 aliphatic heterocycles. The molecule has 1 aromatic rings. The predicted molar refractivity (Wildman–Crippen MR) is 89.9 cm³/mol. The van der Waals surface area contributed by atoms with Gasteiger partial charge in [-0.25, -0.2) is 0 Å². The van der Waals surface area contributed by atoms with Crippen molar-refractivity contribution in [1.82, 2.24) is 10.2 Å². The summed E-state index contributed by atoms with van der Waals surface area (Å²) in [6.07, 6.45) is 4.58. The van der Waals surface area contributed by atoms with E-state index in [9.17, 15) is 4.79 Å². The summed E-state index contributed by atoms with van der Waals surface area (Å²) in [6.45, 7) is 0. The van der Waals surface area contributed by atoms with Gasteiger partial charge in [-0.15, -0.1) is 0 Å². The second-order valence-corrected chi connectivity index (χ2v) is 7.15. The molecule has 2 heterocycles. The van der Waals surface area contributed by atoms with Gasteiger partial charge in [-0.3, -0.25) is 4.79 Å². The van der Waals surface area contributed by atoms with Crippen molar-refractivity contribution in [2.45, 2.75) is 50.2 Å². The van der Waals surface area contributed by atoms with Gasteiger partial charge in [-0.2, -0.15) is 5.26 Å². The Balaban J connectivity index is 1.82. The van der Waals surface area contributed by atoms with Gasteiger partial charge in [0.25, 0.3) is 0 Å². The van der Waals surface area contributed by atoms with E-state index < -0.39 is 0 Å². The normalized spacial score (nSPS) is 28.1. The van der Waals surface area contributed by atoms with E-state index in [0.717, 1.165) is 18.4 Å². The summed E-state index contributed by atoms with van der Waals surface area (Å²) in [5.74, 6) is 0.214. The van der Waals surface area contributed by atoms with Crippen molar-refractivity contribution in [3.63, 3.8) is 0 Å². The zero-order chi connectivity index (χ0) is 16.4. The monoisotopic (exact) mass is 331 g/mol. The molecule has 1 N–H and O–H groups in total. The van der Waals surface area contributed by atoms with Crippen LogP contribution in [0.3, 0.4) is 0 Å². The fourth-order valence-electron chi connectivity index (χ4n) is 4.17. The van der Waals surface area contributed by atoms with Gasteiger partial charge in [0.1, 0.15) is 6.42 Å². The number of nitriles is 1. The number of halogens is 1. The lowest BCUT2D eigenvalue weighted by molar-refractivity contribution is -0.121. The Morgan fingerprint density at radius 2 is 1.96 bits per heavy atom. The van der Waals surface area contributed by atoms with Gasteiger partial charge >= 0.3 is 0 Å². The Hall–Kier alpha value is -1.57. The molecule has 3 atom stereocenters. The molecule has 2 saturated heterocycles. The lowest BCUT2D eigenvalue weighted by atomic mass is 9.82. The highest BCUT2D eigenvalue weighted by molar-refractivity contribution is 6.30. The Labute approximate surface area is 142 Å². The molecule has 0 saturated carbocycles. The molecule has 23 heavy (non-hydrogen) atoms. The lowest BCUT2D eigenvalue weighted by Gasteiger charge is -2.40. The summed E-state index contributed by atoms with van der Waals surface area (Å²) >= 11 is 6.00. The maximum absolute atomic E-state index is 12.0. The van der Waals surface area contributed by atoms with E-state index in [4.69, 9.17) is 16.9 Å². The SMILES string of the molecule is CN1[C@H]2CC[C@H]1CC([C@@H](NC(=O)CC#N)c1ccc(Cl)cc1)C2. The minimum Gasteiger partial charge on any atom is -0.348 e. The first-order valence-corrected chi connectivity index (χ1v) is 8.60. The number of rotatable bonds is 4. The fraction of sp³-hybridized carbons (Fsp3) is 0.556. The highest BCUT2D eigenvalue weighted by Gasteiger charge is 2.41. The van der Waals surface area contributed by atoms with E-state index in [1.54, 1.807) is 0 Å². The number of hydrogen-bond acceptors (Lipinski definition) is 3. The average molecular weight is 332 g/mol. The maximum atomic E-state index is 12.0. The quantitative estimate of drug-likeness (QED) is 0.921. The second-order valence-electron chi connectivity index (χ2n) is 6.71. The van der Waals surface area contributed by atoms with Crippen molar-refractivity contribution in [3.8, 4) is 6.07 Å². The molecule has 0 unspecified atom stereocenters. The summed E-state index contributed by atoms with van der Waals surface area (Å²) in [6, 6.07) is 10.8. The van der Waals surface area contributed by atoms with Gasteiger partial charge in [-0.05, 0) is 56.3 Å². The summed E-state index contributed by atoms with van der Waals surface area (Å²) < 4.78 is 0. The van der Waals surface area contributed by atoms with Crippen LogP contribution in [0, 0.1) is 17.2 Å². The maximum Gasteiger partial charge on any atom is 0.234 e. The summed E-state index contributed by atoms with van der Waals surface area (Å²) in [7, 11) is 2.21. The molecule has 1 aromatic carbocycles. The zero-order valence-corrected chi connectivity index (χ0v) is 14.1. The van der Waals surface area contributed by atoms with E-state index in [1.807, 2.05) is 30.3 Å². The minimum atomic E-state index is -0.196. The Kier molecular flexibility index (Phi) is 4.89. The van der Waals surface area contributed by atoms with Crippen molar-refractivity contribution in [3.05, 3.63) is 34.9 Å². The molecule has 5 heteroatoms. The van der Waals surface area contributed by atoms with Crippen molar-refractivity contribution >= 4 is 17.5 Å². The van der Waals surface area contributed by atoms with Gasteiger partial charge in [0.2, 0.25) is 5.91 Å². The highest BCUT2D eigenvalue weighted by Crippen LogP contribution is 2.42. The third-order valence-electron chi connectivity index (χ3n) is 5.39. The summed E-state index contributed by atoms with van der Waals surface area (Å²) in [5.41, 5.74) is 1.08. The first-order chi connectivity index (χ1) is 11.1. The van der Waals surface area contributed by atoms with Crippen LogP contribution >= 0.6 is 11.6 Å². The number of fused-ring (bicyclic) bond motifs is 2. The van der Waals surface area contributed by atoms with Crippen molar-refractivity contribution < 1.29 is 4.79 Å². The Morgan fingerprint density at radius 3 is 2.52 bits per heavy atom. The smallest absolute Gasteiger partial charge is 0.234 e. The average Bonchev–Trinajstić information content (AvgIpc) is 2.75. The largest absolute Gasteiger partial charge is 0.348 e. The van der Waals surface area contributed by atoms with E-state index in [0.29, 0.717) is 23.0 Å². The molecule has 4 nitrogen and oxygen atoms in total. The molecular formula is C18H22ClN3O. The van der Waals surface area contributed by atoms with Crippen LogP contribution in [0.5, 0.6) is 0 Å². The number of nitrogens with zero attached hydrogens (tertiary/aromatic N) is 2. The van der Waals surface area contributed by atoms with E-state index in [2.05, 4.69) is 17.3 Å². The first kappa shape index (κ1) is 16.3. The van der Waals surface area contributed by atoms with Crippen LogP contribution in [0.15, 0.2) is 24.3 Å². The number of nitrogens with one attached hydrogen (secondary N) is 1. The second kappa shape index (κ2) is 6.90. The van der Waals surface area contributed by atoms with Crippen LogP contribution in [0.2, 0.25) is 5.02 Å². The Morgan fingerprint density at radius 1 is 1.35 bits per heavy atom. The molecule has 0 aliphatic carbocycles. The first-order valence-electron chi connectivity index (χ1n) is 8.22. The minimum absolute atomic E-state index is 0.0371. The number of benzene rings is 1. The van der Waals surface area contributed by atoms with Crippen molar-refractivity contribution in [1.29, 1.82) is 5.26 Å². The number of piperidine rings is 1. The van der Waals surface area contributed by atoms with Crippen LogP contribution < -0.4 is 5.32 Å². The molecule has 2 aliphatic rings. The van der Waals surface area contributed by atoms with E-state index in [1.165, 1.54) is 12.8 Å². The van der Waals surface area contributed by atoms with Crippen LogP contribution in [-0.4, -0.2) is 29.9 Å². The topological polar surface area (TPSA) is 56.1 Å². The summed E-state index contributed by atoms with van der Waals surface area (Å²) in [4.78, 5) is 14.5. The molecule has 0 radical (unpaired) electrons. The molecule has 2 fully saturated rings. The molecule has 1 amide bonds. The molecular weight excluding hydrogens is 310 g/mol. The van der Waals surface area contributed by atoms with Crippen molar-refractivity contribution in [2.24, 2.45) is 5.92 Å². The number of carbonyl (C=O) groups excluding carboxylic acids is 1. The van der Waals surface area contributed by atoms with Crippen LogP contribution in [-0.2, 0) is 4.79 Å². The third kappa shape index (κ3) is 3.52. The molecule has 0 aromatic heterocycles. The Bertz CT molecular complexity index is 596. The fourth-order valence-corrected chi connectivity index (χ4v) is 4.29. The number of hydrogen-bond donors (Lipinski definition) is 1. The molecule has 2 bridgehead atoms. The van der Waals surface area contributed by atoms with Crippen LogP contribution in [0.4, 0.5) is 0 Å². The summed E-state index contributed by atoms with van der Waals surface area (Å²) in [5, 5.41) is 12.5. The van der Waals surface area contributed by atoms with Gasteiger partial charge in [0.05, 0.1) is 12.1 Å².